The van der Waals surface area contributed by atoms with Crippen molar-refractivity contribution in [2.45, 2.75) is 52.4 Å². The third-order valence-electron chi connectivity index (χ3n) is 4.33. The number of unbranched alkanes of at least 4 members (excludes halogenated alkanes) is 1. The van der Waals surface area contributed by atoms with Gasteiger partial charge in [-0.3, -0.25) is 0 Å². The van der Waals surface area contributed by atoms with E-state index in [-0.39, 0.29) is 0 Å². The van der Waals surface area contributed by atoms with Crippen LogP contribution in [0.15, 0.2) is 27.4 Å². The number of hydrogen-bond acceptors (Lipinski definition) is 3. The van der Waals surface area contributed by atoms with E-state index in [0.717, 1.165) is 6.42 Å². The standard InChI is InChI=1S/C15H22N3/c1-3-4-5-11-9(2)8-10-6-7-12-13(10)14(11)18-15(16)17-12/h9H,3-8H2,1-2H3,(H3,16,17,18)/t9-/m0/s1. The fraction of sp³-hybridized carbons (Fsp3) is 0.600. The third kappa shape index (κ3) is 1.76. The maximum Gasteiger partial charge on any atom is 0.194 e. The minimum Gasteiger partial charge on any atom is -0.370 e. The van der Waals surface area contributed by atoms with Gasteiger partial charge in [-0.1, -0.05) is 25.8 Å². The first-order chi connectivity index (χ1) is 8.70. The molecule has 3 aliphatic rings. The van der Waals surface area contributed by atoms with Crippen LogP contribution in [0.5, 0.6) is 0 Å². The summed E-state index contributed by atoms with van der Waals surface area (Å²) in [7, 11) is 0. The van der Waals surface area contributed by atoms with Crippen molar-refractivity contribution in [3.63, 3.8) is 0 Å². The van der Waals surface area contributed by atoms with Gasteiger partial charge in [0.2, 0.25) is 0 Å². The van der Waals surface area contributed by atoms with Crippen molar-refractivity contribution >= 4 is 5.96 Å². The summed E-state index contributed by atoms with van der Waals surface area (Å²) in [5.41, 5.74) is 11.8. The van der Waals surface area contributed by atoms with Crippen LogP contribution < -0.4 is 11.1 Å². The van der Waals surface area contributed by atoms with Crippen molar-refractivity contribution < 1.29 is 0 Å². The molecule has 3 N–H and O–H groups in total. The Morgan fingerprint density at radius 3 is 3.00 bits per heavy atom. The molecule has 1 radical (unpaired) electrons. The Kier molecular flexibility index (Phi) is 2.92. The van der Waals surface area contributed by atoms with Crippen LogP contribution in [0.2, 0.25) is 0 Å². The summed E-state index contributed by atoms with van der Waals surface area (Å²) < 4.78 is 0. The van der Waals surface area contributed by atoms with Crippen LogP contribution in [0, 0.1) is 12.0 Å². The molecule has 1 atom stereocenters. The molecule has 0 saturated heterocycles. The summed E-state index contributed by atoms with van der Waals surface area (Å²) >= 11 is 0. The highest BCUT2D eigenvalue weighted by molar-refractivity contribution is 5.85. The number of aliphatic imine (C=N–C) groups is 1. The molecule has 0 bridgehead atoms. The molecule has 0 aromatic heterocycles. The minimum absolute atomic E-state index is 0.577. The first kappa shape index (κ1) is 11.8. The first-order valence-electron chi connectivity index (χ1n) is 7.13. The lowest BCUT2D eigenvalue weighted by atomic mass is 9.80. The van der Waals surface area contributed by atoms with Crippen LogP contribution in [0.25, 0.3) is 0 Å². The highest BCUT2D eigenvalue weighted by atomic mass is 15.1. The number of rotatable bonds is 3. The van der Waals surface area contributed by atoms with E-state index in [0.29, 0.717) is 11.9 Å². The second-order valence-electron chi connectivity index (χ2n) is 5.66. The van der Waals surface area contributed by atoms with E-state index < -0.39 is 0 Å². The van der Waals surface area contributed by atoms with Gasteiger partial charge in [0, 0.05) is 11.3 Å². The topological polar surface area (TPSA) is 50.4 Å². The van der Waals surface area contributed by atoms with Gasteiger partial charge in [0.1, 0.15) is 6.04 Å². The molecule has 0 fully saturated rings. The number of hydrogen-bond donors (Lipinski definition) is 2. The number of allylic oxidation sites excluding steroid dienone is 2. The molecule has 0 amide bonds. The number of nitrogens with zero attached hydrogens (tertiary/aromatic N) is 1. The zero-order chi connectivity index (χ0) is 12.7. The molecule has 2 aliphatic carbocycles. The molecule has 1 heterocycles. The van der Waals surface area contributed by atoms with Crippen LogP contribution in [-0.4, -0.2) is 5.96 Å². The third-order valence-corrected chi connectivity index (χ3v) is 4.33. The van der Waals surface area contributed by atoms with E-state index in [1.807, 2.05) is 0 Å². The van der Waals surface area contributed by atoms with E-state index >= 15 is 0 Å². The largest absolute Gasteiger partial charge is 0.370 e. The highest BCUT2D eigenvalue weighted by Crippen LogP contribution is 2.48. The van der Waals surface area contributed by atoms with Crippen LogP contribution in [0.4, 0.5) is 0 Å². The van der Waals surface area contributed by atoms with Gasteiger partial charge in [-0.15, -0.1) is 0 Å². The van der Waals surface area contributed by atoms with E-state index in [2.05, 4.69) is 24.2 Å². The smallest absolute Gasteiger partial charge is 0.194 e. The van der Waals surface area contributed by atoms with Gasteiger partial charge in [0.05, 0.1) is 0 Å². The van der Waals surface area contributed by atoms with Crippen LogP contribution in [-0.2, 0) is 0 Å². The van der Waals surface area contributed by atoms with Gasteiger partial charge in [-0.25, -0.2) is 4.99 Å². The summed E-state index contributed by atoms with van der Waals surface area (Å²) in [6.45, 7) is 4.60. The average molecular weight is 244 g/mol. The Morgan fingerprint density at radius 1 is 1.39 bits per heavy atom. The van der Waals surface area contributed by atoms with Crippen molar-refractivity contribution in [3.8, 4) is 0 Å². The Bertz CT molecular complexity index is 456. The number of nitrogens with one attached hydrogen (secondary N) is 1. The molecule has 0 saturated carbocycles. The fourth-order valence-electron chi connectivity index (χ4n) is 3.44. The van der Waals surface area contributed by atoms with E-state index in [1.54, 1.807) is 11.1 Å². The van der Waals surface area contributed by atoms with Crippen molar-refractivity contribution in [1.29, 1.82) is 0 Å². The SMILES string of the molecule is CCCCC1=C2NC(N)=N[C]3CCC(=C32)C[C@@H]1C. The predicted molar refractivity (Wildman–Crippen MR) is 74.6 cm³/mol. The maximum absolute atomic E-state index is 5.92. The van der Waals surface area contributed by atoms with Gasteiger partial charge in [-0.2, -0.15) is 0 Å². The molecule has 1 aliphatic heterocycles. The Balaban J connectivity index is 2.02. The Hall–Kier alpha value is -1.25. The Morgan fingerprint density at radius 2 is 2.22 bits per heavy atom. The fourth-order valence-corrected chi connectivity index (χ4v) is 3.44. The average Bonchev–Trinajstić information content (AvgIpc) is 2.72. The van der Waals surface area contributed by atoms with E-state index in [1.165, 1.54) is 49.4 Å². The predicted octanol–water partition coefficient (Wildman–Crippen LogP) is 3.01. The minimum atomic E-state index is 0.577. The lowest BCUT2D eigenvalue weighted by Gasteiger charge is -2.32. The maximum atomic E-state index is 5.92. The molecular formula is C15H22N3. The zero-order valence-electron chi connectivity index (χ0n) is 11.3. The van der Waals surface area contributed by atoms with Crippen molar-refractivity contribution in [2.24, 2.45) is 16.6 Å². The number of guanidine groups is 1. The van der Waals surface area contributed by atoms with Crippen LogP contribution in [0.3, 0.4) is 0 Å². The molecule has 18 heavy (non-hydrogen) atoms. The molecule has 97 valence electrons. The molecule has 0 unspecified atom stereocenters. The highest BCUT2D eigenvalue weighted by Gasteiger charge is 2.37. The summed E-state index contributed by atoms with van der Waals surface area (Å²) in [6.07, 6.45) is 7.17. The lowest BCUT2D eigenvalue weighted by Crippen LogP contribution is -2.38. The second-order valence-corrected chi connectivity index (χ2v) is 5.66. The first-order valence-corrected chi connectivity index (χ1v) is 7.13. The molecule has 0 aromatic rings. The normalized spacial score (nSPS) is 27.2. The molecule has 3 heteroatoms. The Labute approximate surface area is 109 Å². The van der Waals surface area contributed by atoms with Gasteiger partial charge >= 0.3 is 0 Å². The van der Waals surface area contributed by atoms with Gasteiger partial charge in [-0.05, 0) is 43.6 Å². The zero-order valence-corrected chi connectivity index (χ0v) is 11.3. The van der Waals surface area contributed by atoms with Crippen molar-refractivity contribution in [1.82, 2.24) is 5.32 Å². The summed E-state index contributed by atoms with van der Waals surface area (Å²) in [5, 5.41) is 3.34. The molecular weight excluding hydrogens is 222 g/mol. The van der Waals surface area contributed by atoms with Crippen molar-refractivity contribution in [3.05, 3.63) is 28.5 Å². The summed E-state index contributed by atoms with van der Waals surface area (Å²) in [4.78, 5) is 4.47. The lowest BCUT2D eigenvalue weighted by molar-refractivity contribution is 0.586. The second kappa shape index (κ2) is 4.45. The summed E-state index contributed by atoms with van der Waals surface area (Å²) in [5.74, 6) is 1.23. The van der Waals surface area contributed by atoms with Gasteiger partial charge < -0.3 is 11.1 Å². The van der Waals surface area contributed by atoms with Gasteiger partial charge in [0.15, 0.2) is 5.96 Å². The molecule has 0 spiro atoms. The van der Waals surface area contributed by atoms with Crippen LogP contribution >= 0.6 is 0 Å². The molecule has 3 nitrogen and oxygen atoms in total. The number of nitrogens with two attached hydrogens (primary N) is 1. The monoisotopic (exact) mass is 244 g/mol. The molecule has 3 rings (SSSR count). The van der Waals surface area contributed by atoms with Crippen molar-refractivity contribution in [2.75, 3.05) is 0 Å². The summed E-state index contributed by atoms with van der Waals surface area (Å²) in [6, 6.07) is 1.22. The van der Waals surface area contributed by atoms with Crippen LogP contribution in [0.1, 0.15) is 52.4 Å². The quantitative estimate of drug-likeness (QED) is 0.801. The molecule has 0 aromatic carbocycles. The van der Waals surface area contributed by atoms with Gasteiger partial charge in [0.25, 0.3) is 0 Å². The van der Waals surface area contributed by atoms with E-state index in [4.69, 9.17) is 5.73 Å². The van der Waals surface area contributed by atoms with E-state index in [9.17, 15) is 0 Å².